The first-order valence-corrected chi connectivity index (χ1v) is 7.26. The maximum absolute atomic E-state index is 6.14. The third-order valence-electron chi connectivity index (χ3n) is 4.43. The van der Waals surface area contributed by atoms with E-state index in [1.807, 2.05) is 0 Å². The van der Waals surface area contributed by atoms with Crippen LogP contribution in [0.1, 0.15) is 46.5 Å². The first-order valence-electron chi connectivity index (χ1n) is 7.26. The lowest BCUT2D eigenvalue weighted by Crippen LogP contribution is -2.53. The molecule has 0 amide bonds. The van der Waals surface area contributed by atoms with Crippen LogP contribution in [0.3, 0.4) is 0 Å². The molecular weight excluding hydrogens is 212 g/mol. The van der Waals surface area contributed by atoms with Crippen LogP contribution in [0.15, 0.2) is 0 Å². The molecule has 3 heteroatoms. The van der Waals surface area contributed by atoms with Gasteiger partial charge in [0.05, 0.1) is 5.60 Å². The van der Waals surface area contributed by atoms with Crippen molar-refractivity contribution < 1.29 is 4.74 Å². The van der Waals surface area contributed by atoms with Crippen molar-refractivity contribution in [3.8, 4) is 0 Å². The van der Waals surface area contributed by atoms with E-state index >= 15 is 0 Å². The second kappa shape index (κ2) is 5.68. The molecule has 0 aliphatic carbocycles. The first kappa shape index (κ1) is 13.3. The van der Waals surface area contributed by atoms with E-state index < -0.39 is 0 Å². The molecule has 0 bridgehead atoms. The highest BCUT2D eigenvalue weighted by Gasteiger charge is 2.40. The van der Waals surface area contributed by atoms with Crippen LogP contribution < -0.4 is 5.32 Å². The molecule has 1 spiro atoms. The molecule has 0 aromatic carbocycles. The first-order chi connectivity index (χ1) is 8.15. The highest BCUT2D eigenvalue weighted by atomic mass is 16.5. The number of likely N-dealkylation sites (tertiary alicyclic amines) is 1. The van der Waals surface area contributed by atoms with Gasteiger partial charge in [0.25, 0.3) is 0 Å². The van der Waals surface area contributed by atoms with Crippen molar-refractivity contribution in [1.29, 1.82) is 0 Å². The largest absolute Gasteiger partial charge is 0.375 e. The van der Waals surface area contributed by atoms with Crippen molar-refractivity contribution in [1.82, 2.24) is 10.2 Å². The Bertz CT molecular complexity index is 232. The van der Waals surface area contributed by atoms with Crippen LogP contribution >= 0.6 is 0 Å². The number of hydrogen-bond donors (Lipinski definition) is 1. The van der Waals surface area contributed by atoms with E-state index in [9.17, 15) is 0 Å². The van der Waals surface area contributed by atoms with Gasteiger partial charge in [0.1, 0.15) is 0 Å². The number of piperidine rings is 1. The molecule has 2 saturated heterocycles. The summed E-state index contributed by atoms with van der Waals surface area (Å²) in [5, 5.41) is 3.60. The summed E-state index contributed by atoms with van der Waals surface area (Å²) < 4.78 is 6.14. The summed E-state index contributed by atoms with van der Waals surface area (Å²) in [6, 6.07) is 1.36. The summed E-state index contributed by atoms with van der Waals surface area (Å²) in [5.74, 6) is 0. The van der Waals surface area contributed by atoms with Crippen LogP contribution in [-0.2, 0) is 4.74 Å². The van der Waals surface area contributed by atoms with Crippen LogP contribution in [0.5, 0.6) is 0 Å². The van der Waals surface area contributed by atoms with E-state index in [1.165, 1.54) is 38.8 Å². The minimum atomic E-state index is 0.191. The fraction of sp³-hybridized carbons (Fsp3) is 1.00. The van der Waals surface area contributed by atoms with Gasteiger partial charge < -0.3 is 15.0 Å². The second-order valence-corrected chi connectivity index (χ2v) is 5.91. The van der Waals surface area contributed by atoms with Crippen LogP contribution in [0, 0.1) is 0 Å². The number of rotatable bonds is 3. The van der Waals surface area contributed by atoms with Crippen molar-refractivity contribution >= 4 is 0 Å². The van der Waals surface area contributed by atoms with Gasteiger partial charge in [-0.15, -0.1) is 0 Å². The molecule has 2 aliphatic rings. The molecule has 0 unspecified atom stereocenters. The van der Waals surface area contributed by atoms with Crippen molar-refractivity contribution in [2.45, 2.75) is 64.1 Å². The third-order valence-corrected chi connectivity index (χ3v) is 4.43. The number of nitrogens with zero attached hydrogens (tertiary/aromatic N) is 1. The van der Waals surface area contributed by atoms with Gasteiger partial charge in [-0.3, -0.25) is 0 Å². The molecule has 2 rings (SSSR count). The van der Waals surface area contributed by atoms with Gasteiger partial charge in [-0.25, -0.2) is 0 Å². The predicted molar refractivity (Wildman–Crippen MR) is 71.3 cm³/mol. The lowest BCUT2D eigenvalue weighted by Gasteiger charge is -2.47. The van der Waals surface area contributed by atoms with Crippen molar-refractivity contribution in [3.63, 3.8) is 0 Å². The zero-order valence-electron chi connectivity index (χ0n) is 11.7. The highest BCUT2D eigenvalue weighted by Crippen LogP contribution is 2.35. The molecule has 0 aromatic rings. The van der Waals surface area contributed by atoms with Crippen LogP contribution in [0.25, 0.3) is 0 Å². The molecule has 0 saturated carbocycles. The van der Waals surface area contributed by atoms with Gasteiger partial charge >= 0.3 is 0 Å². The van der Waals surface area contributed by atoms with Gasteiger partial charge in [-0.05, 0) is 46.1 Å². The zero-order chi connectivity index (χ0) is 12.3. The molecule has 0 radical (unpaired) electrons. The Balaban J connectivity index is 1.88. The topological polar surface area (TPSA) is 24.5 Å². The fourth-order valence-corrected chi connectivity index (χ4v) is 3.29. The van der Waals surface area contributed by atoms with Gasteiger partial charge in [0.15, 0.2) is 0 Å². The second-order valence-electron chi connectivity index (χ2n) is 5.91. The molecule has 3 nitrogen and oxygen atoms in total. The molecule has 2 fully saturated rings. The van der Waals surface area contributed by atoms with Gasteiger partial charge in [-0.1, -0.05) is 6.92 Å². The van der Waals surface area contributed by atoms with Crippen LogP contribution in [0.4, 0.5) is 0 Å². The minimum absolute atomic E-state index is 0.191. The lowest BCUT2D eigenvalue weighted by atomic mass is 9.82. The van der Waals surface area contributed by atoms with Crippen LogP contribution in [-0.4, -0.2) is 48.8 Å². The third kappa shape index (κ3) is 3.21. The highest BCUT2D eigenvalue weighted by molar-refractivity contribution is 4.94. The molecule has 2 aliphatic heterocycles. The lowest BCUT2D eigenvalue weighted by molar-refractivity contribution is -0.122. The van der Waals surface area contributed by atoms with Gasteiger partial charge in [-0.2, -0.15) is 0 Å². The summed E-state index contributed by atoms with van der Waals surface area (Å²) in [5.41, 5.74) is 0.191. The summed E-state index contributed by atoms with van der Waals surface area (Å²) in [4.78, 5) is 2.57. The van der Waals surface area contributed by atoms with Gasteiger partial charge in [0, 0.05) is 31.8 Å². The quantitative estimate of drug-likeness (QED) is 0.817. The SMILES string of the molecule is CCN[C@@H]1CCOC2(CCN(C(C)C)CC2)C1. The number of hydrogen-bond acceptors (Lipinski definition) is 3. The summed E-state index contributed by atoms with van der Waals surface area (Å²) >= 11 is 0. The molecule has 2 heterocycles. The van der Waals surface area contributed by atoms with E-state index in [4.69, 9.17) is 4.74 Å². The molecule has 1 N–H and O–H groups in total. The Kier molecular flexibility index (Phi) is 4.45. The zero-order valence-corrected chi connectivity index (χ0v) is 11.7. The predicted octanol–water partition coefficient (Wildman–Crippen LogP) is 2.02. The molecular formula is C14H28N2O. The van der Waals surface area contributed by atoms with E-state index in [-0.39, 0.29) is 5.60 Å². The standard InChI is InChI=1S/C14H28N2O/c1-4-15-13-5-10-17-14(11-13)6-8-16(9-7-14)12(2)3/h12-13,15H,4-11H2,1-3H3/t13-/m1/s1. The minimum Gasteiger partial charge on any atom is -0.375 e. The Labute approximate surface area is 106 Å². The van der Waals surface area contributed by atoms with Crippen molar-refractivity contribution in [3.05, 3.63) is 0 Å². The number of nitrogens with one attached hydrogen (secondary N) is 1. The summed E-state index contributed by atoms with van der Waals surface area (Å²) in [7, 11) is 0. The van der Waals surface area contributed by atoms with E-state index in [0.717, 1.165) is 13.2 Å². The Morgan fingerprint density at radius 3 is 2.65 bits per heavy atom. The Morgan fingerprint density at radius 2 is 2.06 bits per heavy atom. The normalized spacial score (nSPS) is 30.0. The van der Waals surface area contributed by atoms with Crippen molar-refractivity contribution in [2.75, 3.05) is 26.2 Å². The number of ether oxygens (including phenoxy) is 1. The molecule has 17 heavy (non-hydrogen) atoms. The molecule has 1 atom stereocenters. The monoisotopic (exact) mass is 240 g/mol. The van der Waals surface area contributed by atoms with Crippen molar-refractivity contribution in [2.24, 2.45) is 0 Å². The maximum atomic E-state index is 6.14. The molecule has 0 aromatic heterocycles. The van der Waals surface area contributed by atoms with Crippen LogP contribution in [0.2, 0.25) is 0 Å². The van der Waals surface area contributed by atoms with E-state index in [1.54, 1.807) is 0 Å². The smallest absolute Gasteiger partial charge is 0.0721 e. The Morgan fingerprint density at radius 1 is 1.35 bits per heavy atom. The average Bonchev–Trinajstić information content (AvgIpc) is 2.30. The summed E-state index contributed by atoms with van der Waals surface area (Å²) in [6.07, 6.45) is 4.83. The Hall–Kier alpha value is -0.120. The maximum Gasteiger partial charge on any atom is 0.0721 e. The summed E-state index contributed by atoms with van der Waals surface area (Å²) in [6.45, 7) is 11.2. The van der Waals surface area contributed by atoms with E-state index in [0.29, 0.717) is 12.1 Å². The van der Waals surface area contributed by atoms with Gasteiger partial charge in [0.2, 0.25) is 0 Å². The average molecular weight is 240 g/mol. The fourth-order valence-electron chi connectivity index (χ4n) is 3.29. The molecule has 100 valence electrons. The van der Waals surface area contributed by atoms with E-state index in [2.05, 4.69) is 31.0 Å².